The van der Waals surface area contributed by atoms with Crippen molar-refractivity contribution in [3.05, 3.63) is 29.8 Å². The fourth-order valence-corrected chi connectivity index (χ4v) is 7.22. The number of halogens is 1. The molecule has 0 heterocycles. The van der Waals surface area contributed by atoms with Crippen molar-refractivity contribution in [3.8, 4) is 0 Å². The van der Waals surface area contributed by atoms with Gasteiger partial charge >= 0.3 is 107 Å². The molecule has 0 amide bonds. The van der Waals surface area contributed by atoms with E-state index >= 15 is 0 Å². The van der Waals surface area contributed by atoms with Gasteiger partial charge in [0.2, 0.25) is 0 Å². The van der Waals surface area contributed by atoms with Crippen LogP contribution in [0.1, 0.15) is 38.8 Å². The predicted molar refractivity (Wildman–Crippen MR) is 81.5 cm³/mol. The van der Waals surface area contributed by atoms with Crippen LogP contribution in [0, 0.1) is 0 Å². The zero-order valence-electron chi connectivity index (χ0n) is 11.1. The predicted octanol–water partition coefficient (Wildman–Crippen LogP) is 2.93. The van der Waals surface area contributed by atoms with Crippen molar-refractivity contribution in [2.45, 2.75) is 44.3 Å². The molecule has 0 saturated heterocycles. The molecule has 17 heavy (non-hydrogen) atoms. The third kappa shape index (κ3) is 5.28. The fourth-order valence-electron chi connectivity index (χ4n) is 1.66. The van der Waals surface area contributed by atoms with Gasteiger partial charge in [-0.05, 0) is 0 Å². The molecule has 0 aliphatic rings. The van der Waals surface area contributed by atoms with Crippen LogP contribution in [0.15, 0.2) is 24.3 Å². The fraction of sp³-hybridized carbons (Fsp3) is 0.538. The number of benzene rings is 1. The molecular formula is C13H23BrNOSn. The van der Waals surface area contributed by atoms with E-state index in [2.05, 4.69) is 43.1 Å². The molecular weight excluding hydrogens is 385 g/mol. The van der Waals surface area contributed by atoms with Crippen LogP contribution in [0.25, 0.3) is 0 Å². The Labute approximate surface area is 123 Å². The summed E-state index contributed by atoms with van der Waals surface area (Å²) in [4.78, 5) is 2.29. The molecule has 0 bridgehead atoms. The van der Waals surface area contributed by atoms with Crippen molar-refractivity contribution in [3.63, 3.8) is 0 Å². The summed E-state index contributed by atoms with van der Waals surface area (Å²) in [5.74, 6) is 0. The molecule has 4 heteroatoms. The normalized spacial score (nSPS) is 14.2. The van der Waals surface area contributed by atoms with E-state index in [0.29, 0.717) is 6.10 Å². The van der Waals surface area contributed by atoms with Crippen LogP contribution in [0.2, 0.25) is 4.94 Å². The van der Waals surface area contributed by atoms with Crippen molar-refractivity contribution >= 4 is 40.7 Å². The van der Waals surface area contributed by atoms with Crippen LogP contribution in [-0.2, 0) is 3.07 Å². The summed E-state index contributed by atoms with van der Waals surface area (Å²) in [6, 6.07) is 8.57. The molecule has 0 aromatic heterocycles. The van der Waals surface area contributed by atoms with E-state index in [-0.39, 0.29) is 23.0 Å². The first-order valence-electron chi connectivity index (χ1n) is 5.91. The molecule has 97 valence electrons. The Morgan fingerprint density at radius 3 is 2.41 bits per heavy atom. The van der Waals surface area contributed by atoms with Gasteiger partial charge in [-0.25, -0.2) is 0 Å². The van der Waals surface area contributed by atoms with E-state index in [4.69, 9.17) is 8.81 Å². The van der Waals surface area contributed by atoms with Gasteiger partial charge in [0.1, 0.15) is 0 Å². The van der Waals surface area contributed by atoms with Crippen molar-refractivity contribution in [1.82, 2.24) is 0 Å². The first-order valence-corrected chi connectivity index (χ1v) is 11.4. The van der Waals surface area contributed by atoms with E-state index in [9.17, 15) is 0 Å². The number of hydrogen-bond donors (Lipinski definition) is 1. The first kappa shape index (κ1) is 17.4. The molecule has 0 spiro atoms. The van der Waals surface area contributed by atoms with Crippen LogP contribution in [0.5, 0.6) is 0 Å². The van der Waals surface area contributed by atoms with Gasteiger partial charge in [-0.3, -0.25) is 0 Å². The Balaban J connectivity index is 0.00000256. The average Bonchev–Trinajstić information content (AvgIpc) is 2.28. The molecule has 0 fully saturated rings. The Hall–Kier alpha value is 0.419. The molecule has 2 unspecified atom stereocenters. The van der Waals surface area contributed by atoms with E-state index in [1.807, 2.05) is 6.92 Å². The number of hydrogen-bond acceptors (Lipinski definition) is 2. The van der Waals surface area contributed by atoms with Crippen LogP contribution in [0.4, 0.5) is 0 Å². The molecule has 1 rings (SSSR count). The van der Waals surface area contributed by atoms with Gasteiger partial charge in [0.15, 0.2) is 0 Å². The van der Waals surface area contributed by atoms with E-state index < -0.39 is 20.2 Å². The zero-order valence-corrected chi connectivity index (χ0v) is 15.6. The van der Waals surface area contributed by atoms with Gasteiger partial charge < -0.3 is 0 Å². The van der Waals surface area contributed by atoms with Crippen LogP contribution in [-0.4, -0.2) is 26.3 Å². The minimum atomic E-state index is -1.90. The summed E-state index contributed by atoms with van der Waals surface area (Å²) >= 11 is -1.90. The molecule has 0 saturated carbocycles. The second-order valence-electron chi connectivity index (χ2n) is 4.27. The first-order chi connectivity index (χ1) is 7.56. The molecule has 0 aliphatic heterocycles. The summed E-state index contributed by atoms with van der Waals surface area (Å²) < 4.78 is 7.52. The maximum atomic E-state index is 6.12. The van der Waals surface area contributed by atoms with Crippen molar-refractivity contribution in [2.75, 3.05) is 0 Å². The molecule has 2 atom stereocenters. The summed E-state index contributed by atoms with van der Waals surface area (Å²) in [6.07, 6.45) is 1.46. The summed E-state index contributed by atoms with van der Waals surface area (Å²) in [7, 11) is 0. The van der Waals surface area contributed by atoms with Crippen LogP contribution >= 0.6 is 17.0 Å². The maximum absolute atomic E-state index is 6.12. The monoisotopic (exact) mass is 408 g/mol. The van der Waals surface area contributed by atoms with Crippen LogP contribution in [0.3, 0.4) is 0 Å². The number of rotatable bonds is 5. The molecule has 2 nitrogen and oxygen atoms in total. The van der Waals surface area contributed by atoms with Crippen molar-refractivity contribution < 1.29 is 3.07 Å². The second kappa shape index (κ2) is 8.51. The van der Waals surface area contributed by atoms with Gasteiger partial charge in [-0.15, -0.1) is 17.0 Å². The van der Waals surface area contributed by atoms with Gasteiger partial charge in [0, 0.05) is 0 Å². The van der Waals surface area contributed by atoms with Crippen molar-refractivity contribution in [1.29, 1.82) is 0 Å². The van der Waals surface area contributed by atoms with Gasteiger partial charge in [0.05, 0.1) is 0 Å². The number of nitrogens with two attached hydrogens (primary N) is 1. The van der Waals surface area contributed by atoms with E-state index in [0.717, 1.165) is 6.42 Å². The quantitative estimate of drug-likeness (QED) is 0.762. The second-order valence-corrected chi connectivity index (χ2v) is 9.65. The molecule has 1 aromatic rings. The van der Waals surface area contributed by atoms with E-state index in [1.54, 1.807) is 0 Å². The van der Waals surface area contributed by atoms with Gasteiger partial charge in [-0.2, -0.15) is 0 Å². The summed E-state index contributed by atoms with van der Waals surface area (Å²) in [6.45, 7) is 6.36. The standard InChI is InChI=1S/C8H10N.C4H9O.CH3.BrH.Sn/c1-7(9)8-5-3-2-4-6-8;1-3-4(2)5;;;/h2-5,7H,9H2,1H3;4H,3H2,1-2H3;1H3;1H;/q;-1;;;+1. The molecule has 1 radical (unpaired) electrons. The van der Waals surface area contributed by atoms with E-state index in [1.165, 1.54) is 9.14 Å². The molecule has 1 aromatic carbocycles. The summed E-state index contributed by atoms with van der Waals surface area (Å²) in [5, 5.41) is 0. The van der Waals surface area contributed by atoms with Gasteiger partial charge in [0.25, 0.3) is 0 Å². The third-order valence-electron chi connectivity index (χ3n) is 2.78. The SMILES string of the molecule is Br.CCC(C)[O][Sn]([CH3])[c]1ccccc1C(C)N. The Bertz CT molecular complexity index is 333. The average molecular weight is 408 g/mol. The third-order valence-corrected chi connectivity index (χ3v) is 8.41. The Kier molecular flexibility index (Phi) is 8.72. The van der Waals surface area contributed by atoms with Gasteiger partial charge in [-0.1, -0.05) is 0 Å². The Morgan fingerprint density at radius 2 is 1.88 bits per heavy atom. The molecule has 0 aliphatic carbocycles. The topological polar surface area (TPSA) is 35.2 Å². The minimum absolute atomic E-state index is 0. The zero-order chi connectivity index (χ0) is 12.1. The van der Waals surface area contributed by atoms with Crippen molar-refractivity contribution in [2.24, 2.45) is 5.73 Å². The summed E-state index contributed by atoms with van der Waals surface area (Å²) in [5.41, 5.74) is 7.26. The molecule has 2 N–H and O–H groups in total. The van der Waals surface area contributed by atoms with Crippen LogP contribution < -0.4 is 9.31 Å². The Morgan fingerprint density at radius 1 is 1.29 bits per heavy atom.